The molecule has 3 heteroatoms. The summed E-state index contributed by atoms with van der Waals surface area (Å²) < 4.78 is 0. The van der Waals surface area contributed by atoms with Gasteiger partial charge in [-0.05, 0) is 50.9 Å². The van der Waals surface area contributed by atoms with Crippen molar-refractivity contribution in [2.24, 2.45) is 0 Å². The molecule has 0 aliphatic heterocycles. The molecule has 1 aromatic rings. The van der Waals surface area contributed by atoms with Crippen molar-refractivity contribution >= 4 is 17.3 Å². The van der Waals surface area contributed by atoms with Crippen LogP contribution in [-0.2, 0) is 0 Å². The molecule has 0 fully saturated rings. The van der Waals surface area contributed by atoms with E-state index in [4.69, 9.17) is 11.6 Å². The van der Waals surface area contributed by atoms with E-state index in [-0.39, 0.29) is 0 Å². The molecule has 0 saturated heterocycles. The SMILES string of the molecule is CCCNC(C)c1ccc(N(CC)CCC)cc1Cl. The second-order valence-corrected chi connectivity index (χ2v) is 5.37. The summed E-state index contributed by atoms with van der Waals surface area (Å²) in [5, 5.41) is 4.34. The molecule has 2 nitrogen and oxygen atoms in total. The maximum atomic E-state index is 6.44. The van der Waals surface area contributed by atoms with E-state index >= 15 is 0 Å². The molecule has 0 aromatic heterocycles. The summed E-state index contributed by atoms with van der Waals surface area (Å²) in [5.41, 5.74) is 2.41. The molecule has 0 aliphatic carbocycles. The van der Waals surface area contributed by atoms with Crippen LogP contribution in [0.25, 0.3) is 0 Å². The highest BCUT2D eigenvalue weighted by Crippen LogP contribution is 2.28. The van der Waals surface area contributed by atoms with Crippen molar-refractivity contribution in [3.8, 4) is 0 Å². The molecule has 0 spiro atoms. The summed E-state index contributed by atoms with van der Waals surface area (Å²) >= 11 is 6.44. The van der Waals surface area contributed by atoms with E-state index in [2.05, 4.69) is 56.1 Å². The maximum absolute atomic E-state index is 6.44. The van der Waals surface area contributed by atoms with Crippen molar-refractivity contribution < 1.29 is 0 Å². The highest BCUT2D eigenvalue weighted by molar-refractivity contribution is 6.31. The highest BCUT2D eigenvalue weighted by Gasteiger charge is 2.11. The Morgan fingerprint density at radius 1 is 1.21 bits per heavy atom. The molecule has 1 aromatic carbocycles. The van der Waals surface area contributed by atoms with Crippen molar-refractivity contribution in [2.45, 2.75) is 46.6 Å². The molecule has 0 amide bonds. The summed E-state index contributed by atoms with van der Waals surface area (Å²) in [6.07, 6.45) is 2.29. The summed E-state index contributed by atoms with van der Waals surface area (Å²) in [5.74, 6) is 0. The van der Waals surface area contributed by atoms with Gasteiger partial charge >= 0.3 is 0 Å². The van der Waals surface area contributed by atoms with Crippen LogP contribution >= 0.6 is 11.6 Å². The van der Waals surface area contributed by atoms with Crippen LogP contribution in [0.1, 0.15) is 52.1 Å². The lowest BCUT2D eigenvalue weighted by molar-refractivity contribution is 0.571. The first-order valence-corrected chi connectivity index (χ1v) is 7.79. The Balaban J connectivity index is 2.83. The van der Waals surface area contributed by atoms with E-state index in [1.807, 2.05) is 0 Å². The first kappa shape index (κ1) is 16.3. The summed E-state index contributed by atoms with van der Waals surface area (Å²) in [4.78, 5) is 2.36. The smallest absolute Gasteiger partial charge is 0.0474 e. The van der Waals surface area contributed by atoms with Gasteiger partial charge in [0.1, 0.15) is 0 Å². The van der Waals surface area contributed by atoms with Gasteiger partial charge in [0.15, 0.2) is 0 Å². The number of halogens is 1. The zero-order valence-corrected chi connectivity index (χ0v) is 13.4. The van der Waals surface area contributed by atoms with Crippen LogP contribution in [-0.4, -0.2) is 19.6 Å². The Labute approximate surface area is 123 Å². The molecule has 0 radical (unpaired) electrons. The Morgan fingerprint density at radius 2 is 1.95 bits per heavy atom. The molecule has 0 saturated carbocycles. The molecule has 1 N–H and O–H groups in total. The van der Waals surface area contributed by atoms with Crippen molar-refractivity contribution in [1.82, 2.24) is 5.32 Å². The average Bonchev–Trinajstić information content (AvgIpc) is 2.42. The van der Waals surface area contributed by atoms with Gasteiger partial charge in [0.2, 0.25) is 0 Å². The third kappa shape index (κ3) is 4.70. The number of rotatable bonds is 8. The summed E-state index contributed by atoms with van der Waals surface area (Å²) in [6.45, 7) is 11.9. The van der Waals surface area contributed by atoms with E-state index in [1.165, 1.54) is 11.3 Å². The monoisotopic (exact) mass is 282 g/mol. The fourth-order valence-electron chi connectivity index (χ4n) is 2.27. The maximum Gasteiger partial charge on any atom is 0.0474 e. The Bertz CT molecular complexity index is 379. The fraction of sp³-hybridized carbons (Fsp3) is 0.625. The number of benzene rings is 1. The molecule has 0 bridgehead atoms. The van der Waals surface area contributed by atoms with Gasteiger partial charge in [-0.2, -0.15) is 0 Å². The van der Waals surface area contributed by atoms with Crippen LogP contribution in [0.15, 0.2) is 18.2 Å². The lowest BCUT2D eigenvalue weighted by Gasteiger charge is -2.24. The van der Waals surface area contributed by atoms with Crippen LogP contribution in [0, 0.1) is 0 Å². The van der Waals surface area contributed by atoms with E-state index in [0.717, 1.165) is 37.5 Å². The topological polar surface area (TPSA) is 15.3 Å². The zero-order chi connectivity index (χ0) is 14.3. The largest absolute Gasteiger partial charge is 0.372 e. The predicted molar refractivity (Wildman–Crippen MR) is 86.3 cm³/mol. The third-order valence-corrected chi connectivity index (χ3v) is 3.72. The molecule has 108 valence electrons. The lowest BCUT2D eigenvalue weighted by Crippen LogP contribution is -2.24. The molecule has 0 aliphatic rings. The van der Waals surface area contributed by atoms with Gasteiger partial charge in [0.05, 0.1) is 0 Å². The number of anilines is 1. The van der Waals surface area contributed by atoms with Crippen LogP contribution in [0.4, 0.5) is 5.69 Å². The number of hydrogen-bond donors (Lipinski definition) is 1. The van der Waals surface area contributed by atoms with Gasteiger partial charge in [-0.1, -0.05) is 31.5 Å². The second-order valence-electron chi connectivity index (χ2n) is 4.96. The van der Waals surface area contributed by atoms with Gasteiger partial charge in [0.25, 0.3) is 0 Å². The quantitative estimate of drug-likeness (QED) is 0.747. The standard InChI is InChI=1S/C16H27ClN2/c1-5-10-18-13(4)15-9-8-14(12-16(15)17)19(7-3)11-6-2/h8-9,12-13,18H,5-7,10-11H2,1-4H3. The number of nitrogens with zero attached hydrogens (tertiary/aromatic N) is 1. The van der Waals surface area contributed by atoms with Crippen molar-refractivity contribution in [2.75, 3.05) is 24.5 Å². The Morgan fingerprint density at radius 3 is 2.47 bits per heavy atom. The third-order valence-electron chi connectivity index (χ3n) is 3.39. The molecular formula is C16H27ClN2. The fourth-order valence-corrected chi connectivity index (χ4v) is 2.61. The van der Waals surface area contributed by atoms with E-state index in [0.29, 0.717) is 6.04 Å². The van der Waals surface area contributed by atoms with E-state index in [1.54, 1.807) is 0 Å². The first-order chi connectivity index (χ1) is 9.13. The lowest BCUT2D eigenvalue weighted by atomic mass is 10.1. The molecule has 1 atom stereocenters. The normalized spacial score (nSPS) is 12.5. The molecule has 1 rings (SSSR count). The number of hydrogen-bond acceptors (Lipinski definition) is 2. The molecule has 1 unspecified atom stereocenters. The predicted octanol–water partition coefficient (Wildman–Crippen LogP) is 4.64. The average molecular weight is 283 g/mol. The Hall–Kier alpha value is -0.730. The summed E-state index contributed by atoms with van der Waals surface area (Å²) in [7, 11) is 0. The minimum Gasteiger partial charge on any atom is -0.372 e. The van der Waals surface area contributed by atoms with Crippen LogP contribution < -0.4 is 10.2 Å². The molecule has 0 heterocycles. The highest BCUT2D eigenvalue weighted by atomic mass is 35.5. The van der Waals surface area contributed by atoms with Crippen molar-refractivity contribution in [3.05, 3.63) is 28.8 Å². The Kier molecular flexibility index (Phi) is 7.25. The van der Waals surface area contributed by atoms with Gasteiger partial charge in [-0.3, -0.25) is 0 Å². The van der Waals surface area contributed by atoms with Gasteiger partial charge in [-0.25, -0.2) is 0 Å². The van der Waals surface area contributed by atoms with E-state index in [9.17, 15) is 0 Å². The minimum atomic E-state index is 0.308. The number of nitrogens with one attached hydrogen (secondary N) is 1. The molecule has 19 heavy (non-hydrogen) atoms. The van der Waals surface area contributed by atoms with Gasteiger partial charge in [0, 0.05) is 29.8 Å². The van der Waals surface area contributed by atoms with E-state index < -0.39 is 0 Å². The van der Waals surface area contributed by atoms with Crippen LogP contribution in [0.5, 0.6) is 0 Å². The van der Waals surface area contributed by atoms with Gasteiger partial charge < -0.3 is 10.2 Å². The van der Waals surface area contributed by atoms with Crippen LogP contribution in [0.3, 0.4) is 0 Å². The summed E-state index contributed by atoms with van der Waals surface area (Å²) in [6, 6.07) is 6.75. The van der Waals surface area contributed by atoms with Crippen molar-refractivity contribution in [3.63, 3.8) is 0 Å². The van der Waals surface area contributed by atoms with Crippen LogP contribution in [0.2, 0.25) is 5.02 Å². The first-order valence-electron chi connectivity index (χ1n) is 7.41. The van der Waals surface area contributed by atoms with Crippen molar-refractivity contribution in [1.29, 1.82) is 0 Å². The second kappa shape index (κ2) is 8.44. The minimum absolute atomic E-state index is 0.308. The zero-order valence-electron chi connectivity index (χ0n) is 12.7. The molecular weight excluding hydrogens is 256 g/mol. The van der Waals surface area contributed by atoms with Gasteiger partial charge in [-0.15, -0.1) is 0 Å².